The minimum Gasteiger partial charge on any atom is -0.454 e. The Balaban J connectivity index is 1.11. The molecule has 192 valence electrons. The molecular formula is C27H29N5O5. The molecule has 10 heteroatoms. The monoisotopic (exact) mass is 503 g/mol. The highest BCUT2D eigenvalue weighted by molar-refractivity contribution is 5.98. The van der Waals surface area contributed by atoms with E-state index < -0.39 is 5.91 Å². The topological polar surface area (TPSA) is 115 Å². The van der Waals surface area contributed by atoms with Crippen LogP contribution in [0.1, 0.15) is 50.5 Å². The summed E-state index contributed by atoms with van der Waals surface area (Å²) in [6, 6.07) is 15.1. The van der Waals surface area contributed by atoms with Crippen molar-refractivity contribution < 1.29 is 23.9 Å². The molecule has 3 aromatic rings. The molecular weight excluding hydrogens is 474 g/mol. The van der Waals surface area contributed by atoms with Gasteiger partial charge in [-0.05, 0) is 36.6 Å². The summed E-state index contributed by atoms with van der Waals surface area (Å²) >= 11 is 0. The molecule has 5 rings (SSSR count). The minimum atomic E-state index is -0.415. The fourth-order valence-corrected chi connectivity index (χ4v) is 4.33. The largest absolute Gasteiger partial charge is 0.454 e. The van der Waals surface area contributed by atoms with Crippen LogP contribution in [0.15, 0.2) is 48.5 Å². The van der Waals surface area contributed by atoms with Crippen LogP contribution in [0.4, 0.5) is 0 Å². The molecule has 10 nitrogen and oxygen atoms in total. The highest BCUT2D eigenvalue weighted by Gasteiger charge is 2.26. The molecule has 0 unspecified atom stereocenters. The lowest BCUT2D eigenvalue weighted by atomic mass is 10.1. The van der Waals surface area contributed by atoms with Crippen LogP contribution in [0.3, 0.4) is 0 Å². The van der Waals surface area contributed by atoms with E-state index in [1.807, 2.05) is 49.4 Å². The fourth-order valence-electron chi connectivity index (χ4n) is 4.33. The Morgan fingerprint density at radius 3 is 2.59 bits per heavy atom. The third-order valence-electron chi connectivity index (χ3n) is 6.38. The first-order chi connectivity index (χ1) is 18.0. The zero-order valence-corrected chi connectivity index (χ0v) is 20.7. The first-order valence-corrected chi connectivity index (χ1v) is 12.3. The summed E-state index contributed by atoms with van der Waals surface area (Å²) in [4.78, 5) is 39.8. The van der Waals surface area contributed by atoms with Gasteiger partial charge >= 0.3 is 0 Å². The number of amides is 3. The average Bonchev–Trinajstić information content (AvgIpc) is 3.51. The van der Waals surface area contributed by atoms with Gasteiger partial charge in [-0.1, -0.05) is 35.9 Å². The molecule has 2 aliphatic heterocycles. The molecule has 0 bridgehead atoms. The van der Waals surface area contributed by atoms with E-state index in [9.17, 15) is 14.4 Å². The fraction of sp³-hybridized carbons (Fsp3) is 0.333. The first kappa shape index (κ1) is 24.4. The second-order valence-electron chi connectivity index (χ2n) is 9.17. The summed E-state index contributed by atoms with van der Waals surface area (Å²) < 4.78 is 12.2. The maximum atomic E-state index is 13.2. The van der Waals surface area contributed by atoms with Gasteiger partial charge in [-0.2, -0.15) is 5.10 Å². The van der Waals surface area contributed by atoms with Gasteiger partial charge in [0, 0.05) is 45.2 Å². The predicted octanol–water partition coefficient (Wildman–Crippen LogP) is 2.40. The van der Waals surface area contributed by atoms with E-state index in [0.29, 0.717) is 43.4 Å². The van der Waals surface area contributed by atoms with Crippen LogP contribution in [-0.2, 0) is 24.4 Å². The molecule has 0 saturated carbocycles. The molecule has 1 aromatic heterocycles. The predicted molar refractivity (Wildman–Crippen MR) is 134 cm³/mol. The molecule has 0 fully saturated rings. The zero-order chi connectivity index (χ0) is 25.8. The SMILES string of the molecule is Cc1ccc(CN2CCCn3nc(C(=O)NCCC(=O)NCc4ccc5c(c4)OCO5)cc3C2=O)cc1. The Kier molecular flexibility index (Phi) is 7.07. The van der Waals surface area contributed by atoms with Crippen molar-refractivity contribution >= 4 is 17.7 Å². The maximum Gasteiger partial charge on any atom is 0.272 e. The van der Waals surface area contributed by atoms with E-state index in [1.54, 1.807) is 9.58 Å². The summed E-state index contributed by atoms with van der Waals surface area (Å²) in [5.74, 6) is 0.597. The number of aromatic nitrogens is 2. The van der Waals surface area contributed by atoms with Crippen molar-refractivity contribution in [3.63, 3.8) is 0 Å². The standard InChI is InChI=1S/C27H29N5O5/c1-18-3-5-19(6-4-18)16-31-11-2-12-32-22(27(31)35)14-21(30-32)26(34)28-10-9-25(33)29-15-20-7-8-23-24(13-20)37-17-36-23/h3-8,13-14H,2,9-12,15-17H2,1H3,(H,28,34)(H,29,33). The van der Waals surface area contributed by atoms with Crippen LogP contribution in [0, 0.1) is 6.92 Å². The van der Waals surface area contributed by atoms with Crippen molar-refractivity contribution in [1.82, 2.24) is 25.3 Å². The van der Waals surface area contributed by atoms with E-state index in [0.717, 1.165) is 17.5 Å². The van der Waals surface area contributed by atoms with Gasteiger partial charge in [0.05, 0.1) is 0 Å². The Morgan fingerprint density at radius 2 is 1.76 bits per heavy atom. The number of fused-ring (bicyclic) bond motifs is 2. The van der Waals surface area contributed by atoms with E-state index >= 15 is 0 Å². The Labute approximate surface area is 214 Å². The molecule has 0 saturated heterocycles. The molecule has 0 atom stereocenters. The molecule has 3 heterocycles. The number of benzene rings is 2. The molecule has 0 radical (unpaired) electrons. The molecule has 37 heavy (non-hydrogen) atoms. The van der Waals surface area contributed by atoms with E-state index in [-0.39, 0.29) is 37.3 Å². The molecule has 0 aliphatic carbocycles. The third kappa shape index (κ3) is 5.74. The van der Waals surface area contributed by atoms with Crippen molar-refractivity contribution in [2.45, 2.75) is 39.4 Å². The molecule has 0 spiro atoms. The lowest BCUT2D eigenvalue weighted by Crippen LogP contribution is -2.31. The van der Waals surface area contributed by atoms with Crippen LogP contribution in [0.25, 0.3) is 0 Å². The highest BCUT2D eigenvalue weighted by Crippen LogP contribution is 2.32. The number of hydrogen-bond acceptors (Lipinski definition) is 6. The van der Waals surface area contributed by atoms with Crippen molar-refractivity contribution in [3.05, 3.63) is 76.6 Å². The summed E-state index contributed by atoms with van der Waals surface area (Å²) in [5, 5.41) is 9.90. The number of rotatable bonds is 8. The number of hydrogen-bond donors (Lipinski definition) is 2. The molecule has 2 aliphatic rings. The lowest BCUT2D eigenvalue weighted by molar-refractivity contribution is -0.121. The Bertz CT molecular complexity index is 1320. The number of nitrogens with one attached hydrogen (secondary N) is 2. The van der Waals surface area contributed by atoms with Crippen LogP contribution in [0.5, 0.6) is 11.5 Å². The Hall–Kier alpha value is -4.34. The van der Waals surface area contributed by atoms with Crippen molar-refractivity contribution in [2.75, 3.05) is 19.9 Å². The molecule has 2 aromatic carbocycles. The summed E-state index contributed by atoms with van der Waals surface area (Å²) in [6.45, 7) is 4.41. The first-order valence-electron chi connectivity index (χ1n) is 12.3. The van der Waals surface area contributed by atoms with Gasteiger partial charge in [-0.15, -0.1) is 0 Å². The summed E-state index contributed by atoms with van der Waals surface area (Å²) in [6.07, 6.45) is 0.865. The quantitative estimate of drug-likeness (QED) is 0.488. The molecule has 2 N–H and O–H groups in total. The van der Waals surface area contributed by atoms with E-state index in [2.05, 4.69) is 15.7 Å². The third-order valence-corrected chi connectivity index (χ3v) is 6.38. The van der Waals surface area contributed by atoms with Gasteiger partial charge in [0.2, 0.25) is 12.7 Å². The number of aryl methyl sites for hydroxylation is 2. The smallest absolute Gasteiger partial charge is 0.272 e. The number of carbonyl (C=O) groups is 3. The van der Waals surface area contributed by atoms with E-state index in [4.69, 9.17) is 9.47 Å². The number of ether oxygens (including phenoxy) is 2. The minimum absolute atomic E-state index is 0.118. The van der Waals surface area contributed by atoms with Gasteiger partial charge in [0.15, 0.2) is 17.2 Å². The van der Waals surface area contributed by atoms with Gasteiger partial charge in [-0.25, -0.2) is 0 Å². The average molecular weight is 504 g/mol. The van der Waals surface area contributed by atoms with E-state index in [1.165, 1.54) is 11.6 Å². The zero-order valence-electron chi connectivity index (χ0n) is 20.7. The van der Waals surface area contributed by atoms with Crippen molar-refractivity contribution in [2.24, 2.45) is 0 Å². The second-order valence-corrected chi connectivity index (χ2v) is 9.17. The van der Waals surface area contributed by atoms with Gasteiger partial charge in [-0.3, -0.25) is 19.1 Å². The number of nitrogens with zero attached hydrogens (tertiary/aromatic N) is 3. The van der Waals surface area contributed by atoms with Crippen molar-refractivity contribution in [3.8, 4) is 11.5 Å². The normalized spacial score (nSPS) is 14.2. The number of carbonyl (C=O) groups excluding carboxylic acids is 3. The van der Waals surface area contributed by atoms with Crippen LogP contribution < -0.4 is 20.1 Å². The van der Waals surface area contributed by atoms with Gasteiger partial charge < -0.3 is 25.0 Å². The Morgan fingerprint density at radius 1 is 0.973 bits per heavy atom. The van der Waals surface area contributed by atoms with Crippen LogP contribution >= 0.6 is 0 Å². The van der Waals surface area contributed by atoms with Crippen LogP contribution in [-0.4, -0.2) is 52.3 Å². The van der Waals surface area contributed by atoms with Gasteiger partial charge in [0.25, 0.3) is 11.8 Å². The maximum absolute atomic E-state index is 13.2. The summed E-state index contributed by atoms with van der Waals surface area (Å²) in [7, 11) is 0. The molecule has 3 amide bonds. The van der Waals surface area contributed by atoms with Crippen LogP contribution in [0.2, 0.25) is 0 Å². The lowest BCUT2D eigenvalue weighted by Gasteiger charge is -2.20. The second kappa shape index (κ2) is 10.7. The van der Waals surface area contributed by atoms with Crippen molar-refractivity contribution in [1.29, 1.82) is 0 Å². The van der Waals surface area contributed by atoms with Gasteiger partial charge in [0.1, 0.15) is 5.69 Å². The summed E-state index contributed by atoms with van der Waals surface area (Å²) in [5.41, 5.74) is 3.68. The highest BCUT2D eigenvalue weighted by atomic mass is 16.7.